The molecule has 0 radical (unpaired) electrons. The molecule has 8 heteroatoms. The molecular weight excluding hydrogens is 368 g/mol. The molecule has 1 aliphatic rings. The fourth-order valence-corrected chi connectivity index (χ4v) is 3.74. The van der Waals surface area contributed by atoms with Gasteiger partial charge in [-0.15, -0.1) is 0 Å². The number of rotatable bonds is 2. The van der Waals surface area contributed by atoms with Crippen LogP contribution in [0.25, 0.3) is 16.8 Å². The second kappa shape index (κ2) is 6.37. The Morgan fingerprint density at radius 1 is 1.07 bits per heavy atom. The summed E-state index contributed by atoms with van der Waals surface area (Å²) in [5.74, 6) is -0.261. The maximum atomic E-state index is 13.1. The number of aryl methyl sites for hydroxylation is 2. The van der Waals surface area contributed by atoms with Crippen LogP contribution in [0.1, 0.15) is 33.1 Å². The zero-order chi connectivity index (χ0) is 20.1. The summed E-state index contributed by atoms with van der Waals surface area (Å²) >= 11 is 0. The Balaban J connectivity index is 1.57. The molecule has 0 aliphatic carbocycles. The zero-order valence-electron chi connectivity index (χ0n) is 16.0. The lowest BCUT2D eigenvalue weighted by atomic mass is 10.1. The van der Waals surface area contributed by atoms with Crippen molar-refractivity contribution < 1.29 is 4.79 Å². The van der Waals surface area contributed by atoms with E-state index in [1.807, 2.05) is 44.2 Å². The van der Waals surface area contributed by atoms with Gasteiger partial charge in [-0.3, -0.25) is 19.7 Å². The smallest absolute Gasteiger partial charge is 0.278 e. The van der Waals surface area contributed by atoms with Crippen LogP contribution >= 0.6 is 0 Å². The van der Waals surface area contributed by atoms with Gasteiger partial charge >= 0.3 is 0 Å². The second-order valence-electron chi connectivity index (χ2n) is 7.18. The molecule has 29 heavy (non-hydrogen) atoms. The summed E-state index contributed by atoms with van der Waals surface area (Å²) in [7, 11) is 0. The van der Waals surface area contributed by atoms with Crippen molar-refractivity contribution in [1.29, 1.82) is 0 Å². The highest BCUT2D eigenvalue weighted by atomic mass is 16.2. The SMILES string of the molecule is Cc1cnc(C(=O)N2Cc3nc4c(-c5ccccc5)c(C)[nH]n4c(=O)c3C2)cn1. The third-order valence-electron chi connectivity index (χ3n) is 5.18. The Hall–Kier alpha value is -3.81. The summed E-state index contributed by atoms with van der Waals surface area (Å²) in [6.07, 6.45) is 3.02. The minimum absolute atomic E-state index is 0.180. The van der Waals surface area contributed by atoms with Crippen molar-refractivity contribution in [2.24, 2.45) is 0 Å². The number of nitrogens with zero attached hydrogens (tertiary/aromatic N) is 5. The normalized spacial score (nSPS) is 13.1. The highest BCUT2D eigenvalue weighted by Gasteiger charge is 2.30. The summed E-state index contributed by atoms with van der Waals surface area (Å²) in [6.45, 7) is 4.21. The molecule has 144 valence electrons. The summed E-state index contributed by atoms with van der Waals surface area (Å²) in [6, 6.07) is 9.82. The first-order valence-electron chi connectivity index (χ1n) is 9.29. The Bertz CT molecular complexity index is 1310. The van der Waals surface area contributed by atoms with Crippen LogP contribution in [0.15, 0.2) is 47.5 Å². The number of carbonyl (C=O) groups is 1. The van der Waals surface area contributed by atoms with Gasteiger partial charge in [0.2, 0.25) is 0 Å². The van der Waals surface area contributed by atoms with Gasteiger partial charge in [0.25, 0.3) is 11.5 Å². The van der Waals surface area contributed by atoms with Gasteiger partial charge < -0.3 is 4.90 Å². The van der Waals surface area contributed by atoms with Crippen LogP contribution in [0, 0.1) is 13.8 Å². The Kier molecular flexibility index (Phi) is 3.80. The maximum Gasteiger partial charge on any atom is 0.278 e. The summed E-state index contributed by atoms with van der Waals surface area (Å²) in [4.78, 5) is 40.5. The summed E-state index contributed by atoms with van der Waals surface area (Å²) in [5.41, 5.74) is 5.28. The van der Waals surface area contributed by atoms with Gasteiger partial charge in [0.1, 0.15) is 5.69 Å². The van der Waals surface area contributed by atoms with Crippen molar-refractivity contribution in [2.45, 2.75) is 26.9 Å². The standard InChI is InChI=1S/C21H18N6O2/c1-12-8-23-16(9-22-12)21(29)26-10-15-17(11-26)24-19-18(14-6-4-3-5-7-14)13(2)25-27(19)20(15)28/h3-9,25H,10-11H2,1-2H3. The van der Waals surface area contributed by atoms with E-state index in [0.29, 0.717) is 16.9 Å². The van der Waals surface area contributed by atoms with Crippen molar-refractivity contribution in [3.8, 4) is 11.1 Å². The van der Waals surface area contributed by atoms with Crippen LogP contribution in [0.2, 0.25) is 0 Å². The Morgan fingerprint density at radius 3 is 2.59 bits per heavy atom. The van der Waals surface area contributed by atoms with Crippen molar-refractivity contribution in [3.63, 3.8) is 0 Å². The quantitative estimate of drug-likeness (QED) is 0.570. The van der Waals surface area contributed by atoms with Crippen molar-refractivity contribution >= 4 is 11.6 Å². The predicted molar refractivity (Wildman–Crippen MR) is 106 cm³/mol. The molecule has 0 atom stereocenters. The van der Waals surface area contributed by atoms with E-state index in [0.717, 1.165) is 22.5 Å². The first kappa shape index (κ1) is 17.3. The molecule has 0 unspecified atom stereocenters. The summed E-state index contributed by atoms with van der Waals surface area (Å²) in [5, 5.41) is 3.12. The molecule has 4 aromatic rings. The molecule has 0 fully saturated rings. The van der Waals surface area contributed by atoms with E-state index in [2.05, 4.69) is 15.1 Å². The number of aromatic nitrogens is 5. The molecule has 8 nitrogen and oxygen atoms in total. The number of amides is 1. The fraction of sp³-hybridized carbons (Fsp3) is 0.190. The van der Waals surface area contributed by atoms with E-state index in [4.69, 9.17) is 4.98 Å². The highest BCUT2D eigenvalue weighted by Crippen LogP contribution is 2.28. The van der Waals surface area contributed by atoms with Crippen molar-refractivity contribution in [3.05, 3.63) is 81.4 Å². The van der Waals surface area contributed by atoms with Crippen LogP contribution in [-0.2, 0) is 13.1 Å². The van der Waals surface area contributed by atoms with Gasteiger partial charge in [-0.25, -0.2) is 14.5 Å². The van der Waals surface area contributed by atoms with Gasteiger partial charge in [-0.05, 0) is 19.4 Å². The Morgan fingerprint density at radius 2 is 1.86 bits per heavy atom. The minimum Gasteiger partial charge on any atom is -0.327 e. The molecule has 1 amide bonds. The van der Waals surface area contributed by atoms with Crippen LogP contribution in [0.3, 0.4) is 0 Å². The number of hydrogen-bond acceptors (Lipinski definition) is 5. The number of benzene rings is 1. The number of aromatic amines is 1. The number of fused-ring (bicyclic) bond motifs is 2. The van der Waals surface area contributed by atoms with Crippen LogP contribution in [0.5, 0.6) is 0 Å². The third kappa shape index (κ3) is 2.72. The highest BCUT2D eigenvalue weighted by molar-refractivity contribution is 5.92. The van der Waals surface area contributed by atoms with Gasteiger partial charge in [0.15, 0.2) is 5.65 Å². The molecule has 3 aromatic heterocycles. The average Bonchev–Trinajstić information content (AvgIpc) is 3.30. The molecule has 1 N–H and O–H groups in total. The van der Waals surface area contributed by atoms with Crippen LogP contribution in [0.4, 0.5) is 0 Å². The monoisotopic (exact) mass is 386 g/mol. The lowest BCUT2D eigenvalue weighted by molar-refractivity contribution is 0.0743. The lowest BCUT2D eigenvalue weighted by Gasteiger charge is -2.13. The molecule has 4 heterocycles. The molecule has 0 saturated carbocycles. The average molecular weight is 386 g/mol. The number of H-pyrrole nitrogens is 1. The first-order valence-corrected chi connectivity index (χ1v) is 9.29. The molecule has 5 rings (SSSR count). The van der Waals surface area contributed by atoms with E-state index in [1.54, 1.807) is 11.1 Å². The third-order valence-corrected chi connectivity index (χ3v) is 5.18. The molecular formula is C21H18N6O2. The van der Waals surface area contributed by atoms with Gasteiger partial charge in [0, 0.05) is 17.5 Å². The second-order valence-corrected chi connectivity index (χ2v) is 7.18. The van der Waals surface area contributed by atoms with E-state index in [9.17, 15) is 9.59 Å². The van der Waals surface area contributed by atoms with Crippen LogP contribution in [-0.4, -0.2) is 35.4 Å². The number of nitrogens with one attached hydrogen (secondary N) is 1. The molecule has 0 saturated heterocycles. The van der Waals surface area contributed by atoms with E-state index >= 15 is 0 Å². The van der Waals surface area contributed by atoms with Gasteiger partial charge in [0.05, 0.1) is 36.2 Å². The van der Waals surface area contributed by atoms with E-state index in [1.165, 1.54) is 10.7 Å². The van der Waals surface area contributed by atoms with Gasteiger partial charge in [-0.1, -0.05) is 30.3 Å². The molecule has 0 spiro atoms. The lowest BCUT2D eigenvalue weighted by Crippen LogP contribution is -2.27. The largest absolute Gasteiger partial charge is 0.327 e. The predicted octanol–water partition coefficient (Wildman–Crippen LogP) is 2.25. The zero-order valence-corrected chi connectivity index (χ0v) is 16.0. The topological polar surface area (TPSA) is 96.3 Å². The maximum absolute atomic E-state index is 13.1. The minimum atomic E-state index is -0.261. The number of hydrogen-bond donors (Lipinski definition) is 1. The number of carbonyl (C=O) groups excluding carboxylic acids is 1. The Labute approximate surface area is 165 Å². The van der Waals surface area contributed by atoms with Crippen LogP contribution < -0.4 is 5.56 Å². The molecule has 0 bridgehead atoms. The molecule has 1 aromatic carbocycles. The van der Waals surface area contributed by atoms with Crippen molar-refractivity contribution in [2.75, 3.05) is 0 Å². The van der Waals surface area contributed by atoms with E-state index < -0.39 is 0 Å². The summed E-state index contributed by atoms with van der Waals surface area (Å²) < 4.78 is 1.47. The van der Waals surface area contributed by atoms with E-state index in [-0.39, 0.29) is 30.2 Å². The fourth-order valence-electron chi connectivity index (χ4n) is 3.74. The first-order chi connectivity index (χ1) is 14.0. The molecule has 1 aliphatic heterocycles. The van der Waals surface area contributed by atoms with Gasteiger partial charge in [-0.2, -0.15) is 0 Å². The van der Waals surface area contributed by atoms with Crippen molar-refractivity contribution in [1.82, 2.24) is 29.5 Å².